The Morgan fingerprint density at radius 3 is 1.91 bits per heavy atom. The Bertz CT molecular complexity index is 1060. The third-order valence-corrected chi connectivity index (χ3v) is 8.64. The molecule has 33 heavy (non-hydrogen) atoms. The standard InChI is InChI=1S/C32H39N/c1-21-16-23(3)30(24(4)17-21)29-13-12-28-14-15-33(31-25(5)18-22(2)19-26(31)6)32(28,29)20-27-10-8-7-9-11-27/h7-11,16-19,28-29H,12-15,20H2,1-6H3/t28?,29-,32-/m1/s1. The number of benzene rings is 3. The number of nitrogens with zero attached hydrogens (tertiary/aromatic N) is 1. The van der Waals surface area contributed by atoms with E-state index >= 15 is 0 Å². The molecule has 1 aliphatic carbocycles. The van der Waals surface area contributed by atoms with E-state index in [-0.39, 0.29) is 5.54 Å². The molecule has 1 unspecified atom stereocenters. The average molecular weight is 438 g/mol. The van der Waals surface area contributed by atoms with Crippen LogP contribution in [0.1, 0.15) is 69.7 Å². The number of fused-ring (bicyclic) bond motifs is 1. The van der Waals surface area contributed by atoms with Gasteiger partial charge in [0.15, 0.2) is 0 Å². The number of anilines is 1. The van der Waals surface area contributed by atoms with Gasteiger partial charge in [-0.3, -0.25) is 0 Å². The van der Waals surface area contributed by atoms with Gasteiger partial charge in [-0.05, 0) is 107 Å². The highest BCUT2D eigenvalue weighted by Crippen LogP contribution is 2.59. The number of rotatable bonds is 4. The van der Waals surface area contributed by atoms with Gasteiger partial charge in [-0.1, -0.05) is 65.7 Å². The van der Waals surface area contributed by atoms with Gasteiger partial charge < -0.3 is 4.90 Å². The van der Waals surface area contributed by atoms with Crippen molar-refractivity contribution in [3.8, 4) is 0 Å². The Hall–Kier alpha value is -2.54. The fraction of sp³-hybridized carbons (Fsp3) is 0.438. The summed E-state index contributed by atoms with van der Waals surface area (Å²) in [6.45, 7) is 15.0. The lowest BCUT2D eigenvalue weighted by atomic mass is 9.71. The third-order valence-electron chi connectivity index (χ3n) is 8.64. The molecule has 2 aliphatic rings. The summed E-state index contributed by atoms with van der Waals surface area (Å²) in [5, 5.41) is 0. The summed E-state index contributed by atoms with van der Waals surface area (Å²) in [6.07, 6.45) is 5.07. The summed E-state index contributed by atoms with van der Waals surface area (Å²) in [5.74, 6) is 1.30. The predicted molar refractivity (Wildman–Crippen MR) is 142 cm³/mol. The van der Waals surface area contributed by atoms with E-state index in [1.807, 2.05) is 0 Å². The molecule has 3 aromatic carbocycles. The molecule has 1 nitrogen and oxygen atoms in total. The molecule has 3 aromatic rings. The van der Waals surface area contributed by atoms with Crippen molar-refractivity contribution in [1.82, 2.24) is 0 Å². The maximum Gasteiger partial charge on any atom is 0.0539 e. The summed E-state index contributed by atoms with van der Waals surface area (Å²) < 4.78 is 0. The van der Waals surface area contributed by atoms with Gasteiger partial charge >= 0.3 is 0 Å². The molecule has 1 saturated heterocycles. The molecule has 3 atom stereocenters. The van der Waals surface area contributed by atoms with Crippen molar-refractivity contribution in [3.63, 3.8) is 0 Å². The minimum atomic E-state index is 0.136. The van der Waals surface area contributed by atoms with Crippen LogP contribution in [0.2, 0.25) is 0 Å². The van der Waals surface area contributed by atoms with Crippen molar-refractivity contribution in [2.45, 2.75) is 78.7 Å². The number of hydrogen-bond donors (Lipinski definition) is 0. The Kier molecular flexibility index (Phi) is 5.63. The van der Waals surface area contributed by atoms with Gasteiger partial charge in [0, 0.05) is 18.2 Å². The third kappa shape index (κ3) is 3.61. The molecule has 1 aliphatic heterocycles. The van der Waals surface area contributed by atoms with Crippen LogP contribution in [-0.2, 0) is 6.42 Å². The van der Waals surface area contributed by atoms with Crippen LogP contribution in [0.3, 0.4) is 0 Å². The molecule has 0 radical (unpaired) electrons. The molecular formula is C32H39N. The van der Waals surface area contributed by atoms with Crippen LogP contribution in [0.25, 0.3) is 0 Å². The van der Waals surface area contributed by atoms with E-state index in [1.54, 1.807) is 5.56 Å². The van der Waals surface area contributed by atoms with Gasteiger partial charge in [0.25, 0.3) is 0 Å². The minimum Gasteiger partial charge on any atom is -0.364 e. The molecular weight excluding hydrogens is 398 g/mol. The maximum absolute atomic E-state index is 2.88. The van der Waals surface area contributed by atoms with Crippen LogP contribution in [0.15, 0.2) is 54.6 Å². The Labute approximate surface area is 200 Å². The van der Waals surface area contributed by atoms with Crippen molar-refractivity contribution >= 4 is 5.69 Å². The molecule has 0 amide bonds. The Morgan fingerprint density at radius 2 is 1.30 bits per heavy atom. The van der Waals surface area contributed by atoms with E-state index < -0.39 is 0 Å². The topological polar surface area (TPSA) is 3.24 Å². The lowest BCUT2D eigenvalue weighted by Gasteiger charge is -2.47. The first kappa shape index (κ1) is 22.3. The Balaban J connectivity index is 1.73. The van der Waals surface area contributed by atoms with E-state index in [0.29, 0.717) is 5.92 Å². The predicted octanol–water partition coefficient (Wildman–Crippen LogP) is 7.92. The average Bonchev–Trinajstić information content (AvgIpc) is 3.25. The summed E-state index contributed by atoms with van der Waals surface area (Å²) >= 11 is 0. The maximum atomic E-state index is 2.88. The van der Waals surface area contributed by atoms with Crippen LogP contribution in [0.5, 0.6) is 0 Å². The molecule has 0 N–H and O–H groups in total. The second-order valence-electron chi connectivity index (χ2n) is 11.0. The molecule has 172 valence electrons. The lowest BCUT2D eigenvalue weighted by Crippen LogP contribution is -2.52. The zero-order valence-electron chi connectivity index (χ0n) is 21.3. The van der Waals surface area contributed by atoms with E-state index in [4.69, 9.17) is 0 Å². The van der Waals surface area contributed by atoms with Crippen molar-refractivity contribution in [1.29, 1.82) is 0 Å². The zero-order chi connectivity index (χ0) is 23.3. The minimum absolute atomic E-state index is 0.136. The fourth-order valence-electron chi connectivity index (χ4n) is 7.79. The van der Waals surface area contributed by atoms with Gasteiger partial charge in [-0.25, -0.2) is 0 Å². The summed E-state index contributed by atoms with van der Waals surface area (Å²) in [6, 6.07) is 20.9. The van der Waals surface area contributed by atoms with Crippen molar-refractivity contribution in [2.75, 3.05) is 11.4 Å². The van der Waals surface area contributed by atoms with Crippen LogP contribution in [0.4, 0.5) is 5.69 Å². The largest absolute Gasteiger partial charge is 0.364 e. The zero-order valence-corrected chi connectivity index (χ0v) is 21.3. The van der Waals surface area contributed by atoms with Crippen molar-refractivity contribution in [2.24, 2.45) is 5.92 Å². The molecule has 0 aromatic heterocycles. The monoisotopic (exact) mass is 437 g/mol. The summed E-state index contributed by atoms with van der Waals surface area (Å²) in [4.78, 5) is 2.88. The first-order valence-electron chi connectivity index (χ1n) is 12.8. The van der Waals surface area contributed by atoms with Crippen molar-refractivity contribution in [3.05, 3.63) is 99.1 Å². The van der Waals surface area contributed by atoms with Gasteiger partial charge in [-0.15, -0.1) is 0 Å². The molecule has 1 heterocycles. The van der Waals surface area contributed by atoms with E-state index in [2.05, 4.69) is 101 Å². The van der Waals surface area contributed by atoms with Crippen LogP contribution < -0.4 is 4.90 Å². The summed E-state index contributed by atoms with van der Waals surface area (Å²) in [5.41, 5.74) is 13.3. The molecule has 1 saturated carbocycles. The molecule has 0 spiro atoms. The molecule has 0 bridgehead atoms. The highest BCUT2D eigenvalue weighted by Gasteiger charge is 2.58. The lowest BCUT2D eigenvalue weighted by molar-refractivity contribution is 0.322. The SMILES string of the molecule is Cc1cc(C)c([C@H]2CCC3CCN(c4c(C)cc(C)cc4C)[C@]32Cc2ccccc2)c(C)c1. The fourth-order valence-corrected chi connectivity index (χ4v) is 7.79. The van der Waals surface area contributed by atoms with Gasteiger partial charge in [0.05, 0.1) is 5.54 Å². The van der Waals surface area contributed by atoms with E-state index in [1.165, 1.54) is 70.4 Å². The molecule has 1 heteroatoms. The number of aryl methyl sites for hydroxylation is 6. The van der Waals surface area contributed by atoms with Gasteiger partial charge in [-0.2, -0.15) is 0 Å². The van der Waals surface area contributed by atoms with Crippen LogP contribution >= 0.6 is 0 Å². The highest BCUT2D eigenvalue weighted by molar-refractivity contribution is 5.65. The van der Waals surface area contributed by atoms with Crippen LogP contribution in [0, 0.1) is 47.5 Å². The normalized spacial score (nSPS) is 24.4. The number of hydrogen-bond acceptors (Lipinski definition) is 1. The van der Waals surface area contributed by atoms with Gasteiger partial charge in [0.1, 0.15) is 0 Å². The van der Waals surface area contributed by atoms with Crippen molar-refractivity contribution < 1.29 is 0 Å². The molecule has 2 fully saturated rings. The molecule has 5 rings (SSSR count). The highest BCUT2D eigenvalue weighted by atomic mass is 15.3. The summed E-state index contributed by atoms with van der Waals surface area (Å²) in [7, 11) is 0. The van der Waals surface area contributed by atoms with E-state index in [0.717, 1.165) is 12.3 Å². The second kappa shape index (κ2) is 8.35. The Morgan fingerprint density at radius 1 is 0.727 bits per heavy atom. The van der Waals surface area contributed by atoms with Crippen LogP contribution in [-0.4, -0.2) is 12.1 Å². The second-order valence-corrected chi connectivity index (χ2v) is 11.0. The van der Waals surface area contributed by atoms with Gasteiger partial charge in [0.2, 0.25) is 0 Å². The first-order valence-corrected chi connectivity index (χ1v) is 12.8. The quantitative estimate of drug-likeness (QED) is 0.400. The first-order chi connectivity index (χ1) is 15.8. The van der Waals surface area contributed by atoms with E-state index in [9.17, 15) is 0 Å². The smallest absolute Gasteiger partial charge is 0.0539 e.